The molecule has 1 atom stereocenters. The number of amides is 1. The molecule has 0 aliphatic carbocycles. The summed E-state index contributed by atoms with van der Waals surface area (Å²) in [5, 5.41) is 11.0. The van der Waals surface area contributed by atoms with Crippen molar-refractivity contribution < 1.29 is 23.1 Å². The first-order valence-electron chi connectivity index (χ1n) is 5.16. The van der Waals surface area contributed by atoms with E-state index in [2.05, 4.69) is 11.9 Å². The first-order valence-corrected chi connectivity index (χ1v) is 6.98. The Morgan fingerprint density at radius 2 is 2.06 bits per heavy atom. The molecule has 0 aromatic heterocycles. The summed E-state index contributed by atoms with van der Waals surface area (Å²) in [6, 6.07) is -1.04. The zero-order chi connectivity index (χ0) is 13.5. The molecule has 6 nitrogen and oxygen atoms in total. The minimum Gasteiger partial charge on any atom is -0.480 e. The lowest BCUT2D eigenvalue weighted by molar-refractivity contribution is -0.141. The Balaban J connectivity index is 4.43. The molecule has 0 heterocycles. The van der Waals surface area contributed by atoms with E-state index in [-0.39, 0.29) is 12.2 Å². The SMILES string of the molecule is C=CCS(=O)(=O)CC(=O)NC(CCC)C(=O)O. The number of carbonyl (C=O) groups excluding carboxylic acids is 1. The fourth-order valence-electron chi connectivity index (χ4n) is 1.22. The summed E-state index contributed by atoms with van der Waals surface area (Å²) in [5.74, 6) is -2.98. The normalized spacial score (nSPS) is 12.8. The maximum Gasteiger partial charge on any atom is 0.326 e. The summed E-state index contributed by atoms with van der Waals surface area (Å²) in [6.07, 6.45) is 2.03. The third-order valence-electron chi connectivity index (χ3n) is 1.93. The molecule has 0 saturated heterocycles. The van der Waals surface area contributed by atoms with E-state index in [1.54, 1.807) is 6.92 Å². The maximum absolute atomic E-state index is 11.3. The maximum atomic E-state index is 11.3. The fourth-order valence-corrected chi connectivity index (χ4v) is 2.18. The molecule has 7 heteroatoms. The Kier molecular flexibility index (Phi) is 6.48. The number of carboxylic acid groups (broad SMARTS) is 1. The standard InChI is InChI=1S/C10H17NO5S/c1-3-5-8(10(13)14)11-9(12)7-17(15,16)6-4-2/h4,8H,2-3,5-7H2,1H3,(H,11,12)(H,13,14). The first kappa shape index (κ1) is 15.6. The van der Waals surface area contributed by atoms with E-state index in [0.717, 1.165) is 0 Å². The summed E-state index contributed by atoms with van der Waals surface area (Å²) in [4.78, 5) is 22.1. The number of carboxylic acids is 1. The van der Waals surface area contributed by atoms with Crippen LogP contribution in [-0.4, -0.2) is 42.9 Å². The first-order chi connectivity index (χ1) is 7.82. The van der Waals surface area contributed by atoms with E-state index in [1.165, 1.54) is 6.08 Å². The van der Waals surface area contributed by atoms with Gasteiger partial charge in [-0.15, -0.1) is 6.58 Å². The summed E-state index contributed by atoms with van der Waals surface area (Å²) in [6.45, 7) is 5.04. The Morgan fingerprint density at radius 3 is 2.47 bits per heavy atom. The van der Waals surface area contributed by atoms with Crippen LogP contribution in [0.2, 0.25) is 0 Å². The second kappa shape index (κ2) is 7.05. The van der Waals surface area contributed by atoms with Gasteiger partial charge in [-0.2, -0.15) is 0 Å². The molecule has 2 N–H and O–H groups in total. The number of hydrogen-bond acceptors (Lipinski definition) is 4. The van der Waals surface area contributed by atoms with Crippen LogP contribution in [0.4, 0.5) is 0 Å². The van der Waals surface area contributed by atoms with Gasteiger partial charge >= 0.3 is 5.97 Å². The Morgan fingerprint density at radius 1 is 1.47 bits per heavy atom. The van der Waals surface area contributed by atoms with Gasteiger partial charge in [0.1, 0.15) is 11.8 Å². The van der Waals surface area contributed by atoms with Crippen LogP contribution in [0.1, 0.15) is 19.8 Å². The molecule has 0 fully saturated rings. The molecular weight excluding hydrogens is 246 g/mol. The fraction of sp³-hybridized carbons (Fsp3) is 0.600. The van der Waals surface area contributed by atoms with Crippen LogP contribution in [0.25, 0.3) is 0 Å². The second-order valence-electron chi connectivity index (χ2n) is 3.59. The lowest BCUT2D eigenvalue weighted by Gasteiger charge is -2.13. The highest BCUT2D eigenvalue weighted by Crippen LogP contribution is 1.98. The van der Waals surface area contributed by atoms with Crippen molar-refractivity contribution in [2.24, 2.45) is 0 Å². The lowest BCUT2D eigenvalue weighted by Crippen LogP contribution is -2.43. The van der Waals surface area contributed by atoms with E-state index < -0.39 is 33.5 Å². The van der Waals surface area contributed by atoms with Crippen molar-refractivity contribution in [3.05, 3.63) is 12.7 Å². The van der Waals surface area contributed by atoms with Gasteiger partial charge in [-0.1, -0.05) is 19.4 Å². The van der Waals surface area contributed by atoms with Gasteiger partial charge in [-0.3, -0.25) is 4.79 Å². The zero-order valence-corrected chi connectivity index (χ0v) is 10.5. The lowest BCUT2D eigenvalue weighted by atomic mass is 10.2. The van der Waals surface area contributed by atoms with E-state index in [0.29, 0.717) is 6.42 Å². The Bertz CT molecular complexity index is 388. The average molecular weight is 263 g/mol. The highest BCUT2D eigenvalue weighted by atomic mass is 32.2. The number of sulfone groups is 1. The predicted octanol–water partition coefficient (Wildman–Crippen LogP) is -0.0433. The van der Waals surface area contributed by atoms with Crippen LogP contribution in [0.15, 0.2) is 12.7 Å². The van der Waals surface area contributed by atoms with Gasteiger partial charge < -0.3 is 10.4 Å². The van der Waals surface area contributed by atoms with Crippen molar-refractivity contribution in [1.29, 1.82) is 0 Å². The number of carbonyl (C=O) groups is 2. The van der Waals surface area contributed by atoms with Crippen LogP contribution in [-0.2, 0) is 19.4 Å². The summed E-state index contributed by atoms with van der Waals surface area (Å²) >= 11 is 0. The molecule has 0 bridgehead atoms. The number of hydrogen-bond donors (Lipinski definition) is 2. The molecule has 17 heavy (non-hydrogen) atoms. The van der Waals surface area contributed by atoms with Gasteiger partial charge in [-0.25, -0.2) is 13.2 Å². The van der Waals surface area contributed by atoms with Gasteiger partial charge in [0.2, 0.25) is 5.91 Å². The van der Waals surface area contributed by atoms with Crippen molar-refractivity contribution in [2.45, 2.75) is 25.8 Å². The highest BCUT2D eigenvalue weighted by molar-refractivity contribution is 7.92. The molecule has 1 amide bonds. The number of nitrogens with one attached hydrogen (secondary N) is 1. The van der Waals surface area contributed by atoms with Gasteiger partial charge in [0.25, 0.3) is 0 Å². The minimum absolute atomic E-state index is 0.266. The molecular formula is C10H17NO5S. The monoisotopic (exact) mass is 263 g/mol. The topological polar surface area (TPSA) is 101 Å². The van der Waals surface area contributed by atoms with Crippen LogP contribution in [0.3, 0.4) is 0 Å². The van der Waals surface area contributed by atoms with E-state index in [1.807, 2.05) is 0 Å². The van der Waals surface area contributed by atoms with Gasteiger partial charge in [-0.05, 0) is 6.42 Å². The summed E-state index contributed by atoms with van der Waals surface area (Å²) in [7, 11) is -3.54. The Hall–Kier alpha value is -1.37. The predicted molar refractivity (Wildman–Crippen MR) is 63.3 cm³/mol. The van der Waals surface area contributed by atoms with Gasteiger partial charge in [0, 0.05) is 0 Å². The molecule has 0 aliphatic rings. The van der Waals surface area contributed by atoms with E-state index >= 15 is 0 Å². The largest absolute Gasteiger partial charge is 0.480 e. The third kappa shape index (κ3) is 6.72. The molecule has 0 radical (unpaired) electrons. The third-order valence-corrected chi connectivity index (χ3v) is 3.38. The average Bonchev–Trinajstić information content (AvgIpc) is 2.15. The van der Waals surface area contributed by atoms with E-state index in [9.17, 15) is 18.0 Å². The smallest absolute Gasteiger partial charge is 0.326 e. The molecule has 98 valence electrons. The Labute approximate surface area is 101 Å². The second-order valence-corrected chi connectivity index (χ2v) is 5.70. The number of aliphatic carboxylic acids is 1. The molecule has 1 unspecified atom stereocenters. The quantitative estimate of drug-likeness (QED) is 0.598. The molecule has 0 aliphatic heterocycles. The van der Waals surface area contributed by atoms with Crippen LogP contribution >= 0.6 is 0 Å². The molecule has 0 spiro atoms. The van der Waals surface area contributed by atoms with Crippen molar-refractivity contribution in [3.63, 3.8) is 0 Å². The molecule has 0 saturated carbocycles. The van der Waals surface area contributed by atoms with Gasteiger partial charge in [0.05, 0.1) is 5.75 Å². The van der Waals surface area contributed by atoms with Crippen LogP contribution in [0.5, 0.6) is 0 Å². The zero-order valence-electron chi connectivity index (χ0n) is 9.68. The van der Waals surface area contributed by atoms with Gasteiger partial charge in [0.15, 0.2) is 9.84 Å². The van der Waals surface area contributed by atoms with Crippen molar-refractivity contribution >= 4 is 21.7 Å². The molecule has 0 rings (SSSR count). The van der Waals surface area contributed by atoms with Crippen molar-refractivity contribution in [3.8, 4) is 0 Å². The molecule has 0 aromatic carbocycles. The summed E-state index contributed by atoms with van der Waals surface area (Å²) < 4.78 is 22.5. The minimum atomic E-state index is -3.54. The van der Waals surface area contributed by atoms with Crippen LogP contribution in [0, 0.1) is 0 Å². The number of rotatable bonds is 8. The van der Waals surface area contributed by atoms with E-state index in [4.69, 9.17) is 5.11 Å². The van der Waals surface area contributed by atoms with Crippen molar-refractivity contribution in [2.75, 3.05) is 11.5 Å². The summed E-state index contributed by atoms with van der Waals surface area (Å²) in [5.41, 5.74) is 0. The van der Waals surface area contributed by atoms with Crippen LogP contribution < -0.4 is 5.32 Å². The highest BCUT2D eigenvalue weighted by Gasteiger charge is 2.22. The molecule has 0 aromatic rings. The van der Waals surface area contributed by atoms with Crippen molar-refractivity contribution in [1.82, 2.24) is 5.32 Å².